The van der Waals surface area contributed by atoms with Crippen LogP contribution < -0.4 is 16.0 Å². The van der Waals surface area contributed by atoms with Gasteiger partial charge in [-0.1, -0.05) is 70.5 Å². The number of carbonyl (C=O) groups excluding carboxylic acids is 2. The fourth-order valence-electron chi connectivity index (χ4n) is 5.51. The van der Waals surface area contributed by atoms with E-state index < -0.39 is 74.7 Å². The molecular weight excluding hydrogens is 667 g/mol. The van der Waals surface area contributed by atoms with Gasteiger partial charge in [0, 0.05) is 31.3 Å². The molecule has 2 aromatic carbocycles. The molecular formula is C38H52F3N3O5S. The van der Waals surface area contributed by atoms with Crippen LogP contribution in [0.15, 0.2) is 78.7 Å². The number of hydrogen-bond acceptors (Lipinski definition) is 6. The summed E-state index contributed by atoms with van der Waals surface area (Å²) >= 11 is 0. The summed E-state index contributed by atoms with van der Waals surface area (Å²) in [5.41, 5.74) is 2.17. The number of aliphatic hydroxyl groups is 1. The maximum absolute atomic E-state index is 14.1. The molecule has 0 spiro atoms. The van der Waals surface area contributed by atoms with Gasteiger partial charge in [-0.05, 0) is 73.6 Å². The van der Waals surface area contributed by atoms with E-state index in [1.807, 2.05) is 45.0 Å². The lowest BCUT2D eigenvalue weighted by molar-refractivity contribution is -0.126. The molecule has 0 saturated carbocycles. The Kier molecular flexibility index (Phi) is 18.2. The zero-order chi connectivity index (χ0) is 37.3. The van der Waals surface area contributed by atoms with Gasteiger partial charge in [0.2, 0.25) is 5.91 Å². The van der Waals surface area contributed by atoms with Crippen LogP contribution in [0.3, 0.4) is 0 Å². The zero-order valence-electron chi connectivity index (χ0n) is 29.5. The number of carbonyl (C=O) groups is 2. The van der Waals surface area contributed by atoms with E-state index in [2.05, 4.69) is 22.5 Å². The summed E-state index contributed by atoms with van der Waals surface area (Å²) in [5.74, 6) is -5.66. The summed E-state index contributed by atoms with van der Waals surface area (Å²) in [5, 5.41) is 19.0. The van der Waals surface area contributed by atoms with Gasteiger partial charge in [-0.3, -0.25) is 9.59 Å². The Labute approximate surface area is 295 Å². The molecule has 2 amide bonds. The van der Waals surface area contributed by atoms with Crippen molar-refractivity contribution >= 4 is 21.7 Å². The Balaban J connectivity index is 2.36. The van der Waals surface area contributed by atoms with Gasteiger partial charge in [0.25, 0.3) is 5.91 Å². The van der Waals surface area contributed by atoms with Gasteiger partial charge in [-0.15, -0.1) is 0 Å². The number of hydrogen-bond donors (Lipinski definition) is 4. The normalized spacial score (nSPS) is 14.1. The molecule has 2 aromatic rings. The first-order chi connectivity index (χ1) is 23.7. The van der Waals surface area contributed by atoms with Crippen LogP contribution in [0.1, 0.15) is 70.1 Å². The van der Waals surface area contributed by atoms with Gasteiger partial charge in [0.05, 0.1) is 29.1 Å². The minimum absolute atomic E-state index is 0.0111. The molecule has 0 radical (unpaired) electrons. The van der Waals surface area contributed by atoms with Crippen LogP contribution in [-0.4, -0.2) is 61.6 Å². The van der Waals surface area contributed by atoms with E-state index in [1.54, 1.807) is 0 Å². The van der Waals surface area contributed by atoms with Crippen molar-refractivity contribution in [3.8, 4) is 0 Å². The summed E-state index contributed by atoms with van der Waals surface area (Å²) in [6.07, 6.45) is 4.83. The molecule has 0 saturated heterocycles. The van der Waals surface area contributed by atoms with Gasteiger partial charge in [-0.2, -0.15) is 0 Å². The zero-order valence-corrected chi connectivity index (χ0v) is 30.3. The summed E-state index contributed by atoms with van der Waals surface area (Å²) in [6, 6.07) is 9.69. The molecule has 0 aliphatic carbocycles. The van der Waals surface area contributed by atoms with Gasteiger partial charge < -0.3 is 21.1 Å². The summed E-state index contributed by atoms with van der Waals surface area (Å²) in [4.78, 5) is 26.7. The molecule has 0 fully saturated rings. The van der Waals surface area contributed by atoms with Crippen molar-refractivity contribution < 1.29 is 36.3 Å². The van der Waals surface area contributed by atoms with Crippen molar-refractivity contribution in [2.24, 2.45) is 5.92 Å². The number of nitrogens with one attached hydrogen (secondary N) is 3. The fourth-order valence-corrected chi connectivity index (χ4v) is 7.80. The van der Waals surface area contributed by atoms with E-state index in [0.717, 1.165) is 41.8 Å². The third-order valence-corrected chi connectivity index (χ3v) is 10.7. The van der Waals surface area contributed by atoms with Crippen molar-refractivity contribution in [3.05, 3.63) is 107 Å². The number of amides is 2. The van der Waals surface area contributed by atoms with Crippen LogP contribution in [0, 0.1) is 17.6 Å². The number of sulfone groups is 1. The van der Waals surface area contributed by atoms with E-state index in [0.29, 0.717) is 38.3 Å². The second kappa shape index (κ2) is 21.5. The molecule has 8 nitrogen and oxygen atoms in total. The van der Waals surface area contributed by atoms with Crippen LogP contribution in [-0.2, 0) is 38.8 Å². The first-order valence-corrected chi connectivity index (χ1v) is 18.8. The predicted octanol–water partition coefficient (Wildman–Crippen LogP) is 5.81. The van der Waals surface area contributed by atoms with E-state index in [9.17, 15) is 36.3 Å². The van der Waals surface area contributed by atoms with Gasteiger partial charge in [-0.25, -0.2) is 21.6 Å². The highest BCUT2D eigenvalue weighted by atomic mass is 32.2. The lowest BCUT2D eigenvalue weighted by Crippen LogP contribution is -2.52. The van der Waals surface area contributed by atoms with Crippen molar-refractivity contribution in [1.82, 2.24) is 16.0 Å². The van der Waals surface area contributed by atoms with Gasteiger partial charge in [0.15, 0.2) is 9.84 Å². The topological polar surface area (TPSA) is 125 Å². The third-order valence-electron chi connectivity index (χ3n) is 8.31. The van der Waals surface area contributed by atoms with Gasteiger partial charge in [0.1, 0.15) is 17.5 Å². The molecule has 2 rings (SSSR count). The highest BCUT2D eigenvalue weighted by Gasteiger charge is 2.33. The van der Waals surface area contributed by atoms with E-state index in [-0.39, 0.29) is 24.1 Å². The van der Waals surface area contributed by atoms with Crippen LogP contribution in [0.25, 0.3) is 0 Å². The molecule has 0 heterocycles. The number of rotatable bonds is 22. The molecule has 4 N–H and O–H groups in total. The molecule has 12 heteroatoms. The summed E-state index contributed by atoms with van der Waals surface area (Å²) in [7, 11) is -3.84. The summed E-state index contributed by atoms with van der Waals surface area (Å²) in [6.45, 7) is 10.9. The smallest absolute Gasteiger partial charge is 0.250 e. The minimum Gasteiger partial charge on any atom is -0.390 e. The van der Waals surface area contributed by atoms with Crippen molar-refractivity contribution in [2.75, 3.05) is 18.8 Å². The Morgan fingerprint density at radius 1 is 0.940 bits per heavy atom. The molecule has 50 heavy (non-hydrogen) atoms. The maximum Gasteiger partial charge on any atom is 0.250 e. The molecule has 3 atom stereocenters. The monoisotopic (exact) mass is 719 g/mol. The Hall–Kier alpha value is -3.74. The number of aryl methyl sites for hydroxylation is 1. The fraction of sp³-hybridized carbons (Fsp3) is 0.474. The average Bonchev–Trinajstić information content (AvgIpc) is 3.07. The molecule has 276 valence electrons. The number of allylic oxidation sites excluding steroid dienone is 3. The van der Waals surface area contributed by atoms with E-state index in [4.69, 9.17) is 0 Å². The molecule has 0 bridgehead atoms. The molecule has 0 aliphatic heterocycles. The lowest BCUT2D eigenvalue weighted by Gasteiger charge is -2.28. The Morgan fingerprint density at radius 2 is 1.58 bits per heavy atom. The quantitative estimate of drug-likeness (QED) is 0.0901. The van der Waals surface area contributed by atoms with Crippen molar-refractivity contribution in [1.29, 1.82) is 0 Å². The number of halogens is 3. The molecule has 0 aliphatic rings. The first-order valence-electron chi connectivity index (χ1n) is 17.1. The van der Waals surface area contributed by atoms with Crippen LogP contribution >= 0.6 is 0 Å². The van der Waals surface area contributed by atoms with Crippen LogP contribution in [0.5, 0.6) is 0 Å². The predicted molar refractivity (Wildman–Crippen MR) is 193 cm³/mol. The Morgan fingerprint density at radius 3 is 2.18 bits per heavy atom. The average molecular weight is 720 g/mol. The molecule has 1 unspecified atom stereocenters. The highest BCUT2D eigenvalue weighted by molar-refractivity contribution is 7.92. The van der Waals surface area contributed by atoms with E-state index in [1.165, 1.54) is 13.0 Å². The van der Waals surface area contributed by atoms with Crippen molar-refractivity contribution in [2.45, 2.75) is 90.2 Å². The van der Waals surface area contributed by atoms with E-state index >= 15 is 0 Å². The number of benzene rings is 2. The van der Waals surface area contributed by atoms with Crippen LogP contribution in [0.4, 0.5) is 13.2 Å². The third kappa shape index (κ3) is 14.6. The molecule has 0 aromatic heterocycles. The SMILES string of the molecule is C=C(/C=C\C(F)=C/C)C(=O)NCC(CS(=O)(=O)C(CCC)CCC)C(=O)N[C@@H](Cc1cc(F)cc(F)c1)[C@H](O)CNCc1cccc(CC)c1. The van der Waals surface area contributed by atoms with Crippen LogP contribution in [0.2, 0.25) is 0 Å². The standard InChI is InChI=1S/C38H52F3N3O5S/c1-6-11-34(12-7-2)50(48,49)25-30(23-43-37(46)26(5)15-16-31(39)9-4)38(47)44-35(20-29-18-32(40)21-33(41)19-29)36(45)24-42-22-28-14-10-13-27(8-3)17-28/h9-10,13-19,21,30,34-36,42,45H,5-8,11-12,20,22-25H2,1-4H3,(H,43,46)(H,44,47)/b16-15-,31-9+/t30?,35-,36+/m0/s1. The summed E-state index contributed by atoms with van der Waals surface area (Å²) < 4.78 is 69.0. The minimum atomic E-state index is -3.84. The highest BCUT2D eigenvalue weighted by Crippen LogP contribution is 2.20. The Bertz CT molecular complexity index is 1570. The second-order valence-electron chi connectivity index (χ2n) is 12.4. The number of aliphatic hydroxyl groups excluding tert-OH is 1. The first kappa shape index (κ1) is 42.4. The second-order valence-corrected chi connectivity index (χ2v) is 14.8. The largest absolute Gasteiger partial charge is 0.390 e. The van der Waals surface area contributed by atoms with Crippen molar-refractivity contribution in [3.63, 3.8) is 0 Å². The van der Waals surface area contributed by atoms with Gasteiger partial charge >= 0.3 is 0 Å². The maximum atomic E-state index is 14.1. The lowest BCUT2D eigenvalue weighted by atomic mass is 9.99.